The fourth-order valence-corrected chi connectivity index (χ4v) is 2.81. The maximum atomic E-state index is 10.2. The van der Waals surface area contributed by atoms with Gasteiger partial charge < -0.3 is 5.11 Å². The van der Waals surface area contributed by atoms with Gasteiger partial charge in [0.25, 0.3) is 0 Å². The first-order chi connectivity index (χ1) is 7.33. The van der Waals surface area contributed by atoms with Crippen molar-refractivity contribution < 1.29 is 5.11 Å². The number of allylic oxidation sites excluding steroid dienone is 2. The molecule has 1 atom stereocenters. The zero-order chi connectivity index (χ0) is 10.7. The van der Waals surface area contributed by atoms with Crippen LogP contribution in [-0.4, -0.2) is 11.2 Å². The number of aliphatic hydroxyl groups excluding tert-OH is 1. The van der Waals surface area contributed by atoms with Crippen LogP contribution in [0.5, 0.6) is 0 Å². The van der Waals surface area contributed by atoms with E-state index >= 15 is 0 Å². The Morgan fingerprint density at radius 3 is 2.60 bits per heavy atom. The molecule has 0 amide bonds. The maximum absolute atomic E-state index is 10.2. The first-order valence-corrected chi connectivity index (χ1v) is 6.40. The molecule has 0 bridgehead atoms. The maximum Gasteiger partial charge on any atom is 0.0963 e. The Balaban J connectivity index is 2.09. The quantitative estimate of drug-likeness (QED) is 0.682. The van der Waals surface area contributed by atoms with Crippen molar-refractivity contribution in [2.24, 2.45) is 0 Å². The minimum Gasteiger partial charge on any atom is -0.384 e. The molecule has 0 aromatic carbocycles. The number of aliphatic hydroxyl groups is 1. The summed E-state index contributed by atoms with van der Waals surface area (Å²) in [6, 6.07) is 0. The molecular weight excluding hydrogens is 184 g/mol. The minimum absolute atomic E-state index is 0.218. The van der Waals surface area contributed by atoms with Gasteiger partial charge in [-0.05, 0) is 56.1 Å². The molecule has 0 spiro atoms. The van der Waals surface area contributed by atoms with Crippen molar-refractivity contribution in [3.8, 4) is 0 Å². The lowest BCUT2D eigenvalue weighted by Crippen LogP contribution is -2.07. The first kappa shape index (κ1) is 10.9. The standard InChI is InChI=1S/C14H22O/c1-2-3-6-12-9-10-13(14(12)15)11-7-4-5-8-11/h6,14-15H,2-5,7-10H2,1H3/b12-6-. The molecule has 2 fully saturated rings. The van der Waals surface area contributed by atoms with Crippen molar-refractivity contribution in [2.75, 3.05) is 0 Å². The van der Waals surface area contributed by atoms with Gasteiger partial charge in [0.15, 0.2) is 0 Å². The molecule has 2 aliphatic rings. The lowest BCUT2D eigenvalue weighted by atomic mass is 10.0. The van der Waals surface area contributed by atoms with Gasteiger partial charge in [0, 0.05) is 0 Å². The summed E-state index contributed by atoms with van der Waals surface area (Å²) in [5, 5.41) is 10.2. The lowest BCUT2D eigenvalue weighted by Gasteiger charge is -2.10. The molecule has 0 aliphatic heterocycles. The average Bonchev–Trinajstić information content (AvgIpc) is 2.84. The van der Waals surface area contributed by atoms with Crippen LogP contribution in [0.25, 0.3) is 0 Å². The fraction of sp³-hybridized carbons (Fsp3) is 0.714. The van der Waals surface area contributed by atoms with Gasteiger partial charge in [-0.3, -0.25) is 0 Å². The van der Waals surface area contributed by atoms with Crippen molar-refractivity contribution in [2.45, 2.75) is 64.4 Å². The van der Waals surface area contributed by atoms with Gasteiger partial charge >= 0.3 is 0 Å². The van der Waals surface area contributed by atoms with E-state index in [0.29, 0.717) is 0 Å². The highest BCUT2D eigenvalue weighted by atomic mass is 16.3. The molecule has 15 heavy (non-hydrogen) atoms. The Labute approximate surface area is 92.9 Å². The largest absolute Gasteiger partial charge is 0.384 e. The van der Waals surface area contributed by atoms with Crippen molar-refractivity contribution >= 4 is 0 Å². The van der Waals surface area contributed by atoms with Crippen molar-refractivity contribution in [3.05, 3.63) is 22.8 Å². The molecule has 0 aromatic heterocycles. The van der Waals surface area contributed by atoms with Gasteiger partial charge in [0.1, 0.15) is 0 Å². The van der Waals surface area contributed by atoms with Crippen LogP contribution >= 0.6 is 0 Å². The zero-order valence-electron chi connectivity index (χ0n) is 9.76. The van der Waals surface area contributed by atoms with E-state index in [0.717, 1.165) is 19.3 Å². The van der Waals surface area contributed by atoms with Gasteiger partial charge in [-0.25, -0.2) is 0 Å². The van der Waals surface area contributed by atoms with E-state index in [2.05, 4.69) is 13.0 Å². The summed E-state index contributed by atoms with van der Waals surface area (Å²) in [5.41, 5.74) is 4.23. The lowest BCUT2D eigenvalue weighted by molar-refractivity contribution is 0.253. The van der Waals surface area contributed by atoms with E-state index in [9.17, 15) is 5.11 Å². The van der Waals surface area contributed by atoms with Gasteiger partial charge in [0.2, 0.25) is 0 Å². The molecule has 0 radical (unpaired) electrons. The highest BCUT2D eigenvalue weighted by Crippen LogP contribution is 2.38. The minimum atomic E-state index is -0.218. The fourth-order valence-electron chi connectivity index (χ4n) is 2.81. The molecule has 1 nitrogen and oxygen atoms in total. The summed E-state index contributed by atoms with van der Waals surface area (Å²) in [6.07, 6.45) is 11.7. The Kier molecular flexibility index (Phi) is 3.63. The molecule has 1 heteroatoms. The predicted molar refractivity (Wildman–Crippen MR) is 63.7 cm³/mol. The Bertz CT molecular complexity index is 278. The summed E-state index contributed by atoms with van der Waals surface area (Å²) in [7, 11) is 0. The molecule has 2 saturated carbocycles. The summed E-state index contributed by atoms with van der Waals surface area (Å²) >= 11 is 0. The summed E-state index contributed by atoms with van der Waals surface area (Å²) in [6.45, 7) is 2.19. The number of unbranched alkanes of at least 4 members (excludes halogenated alkanes) is 1. The molecule has 1 N–H and O–H groups in total. The first-order valence-electron chi connectivity index (χ1n) is 6.40. The van der Waals surface area contributed by atoms with Crippen LogP contribution in [0.15, 0.2) is 22.8 Å². The highest BCUT2D eigenvalue weighted by molar-refractivity contribution is 5.35. The van der Waals surface area contributed by atoms with Crippen molar-refractivity contribution in [1.82, 2.24) is 0 Å². The third kappa shape index (κ3) is 2.34. The second-order valence-corrected chi connectivity index (χ2v) is 4.81. The molecule has 0 saturated heterocycles. The zero-order valence-corrected chi connectivity index (χ0v) is 9.76. The van der Waals surface area contributed by atoms with Gasteiger partial charge in [0.05, 0.1) is 6.10 Å². The smallest absolute Gasteiger partial charge is 0.0963 e. The van der Waals surface area contributed by atoms with Crippen LogP contribution in [0, 0.1) is 0 Å². The predicted octanol–water partition coefficient (Wildman–Crippen LogP) is 3.74. The SMILES string of the molecule is CCC/C=C1/CCC(=C2CCCC2)C1O. The molecule has 0 heterocycles. The summed E-state index contributed by atoms with van der Waals surface area (Å²) in [4.78, 5) is 0. The molecule has 2 rings (SSSR count). The Morgan fingerprint density at radius 2 is 1.93 bits per heavy atom. The van der Waals surface area contributed by atoms with E-state index in [1.807, 2.05) is 0 Å². The summed E-state index contributed by atoms with van der Waals surface area (Å²) in [5.74, 6) is 0. The highest BCUT2D eigenvalue weighted by Gasteiger charge is 2.27. The monoisotopic (exact) mass is 206 g/mol. The number of hydrogen-bond acceptors (Lipinski definition) is 1. The number of rotatable bonds is 2. The number of hydrogen-bond donors (Lipinski definition) is 1. The van der Waals surface area contributed by atoms with E-state index in [4.69, 9.17) is 0 Å². The van der Waals surface area contributed by atoms with Crippen LogP contribution in [0.4, 0.5) is 0 Å². The Morgan fingerprint density at radius 1 is 1.20 bits per heavy atom. The average molecular weight is 206 g/mol. The van der Waals surface area contributed by atoms with E-state index < -0.39 is 0 Å². The van der Waals surface area contributed by atoms with E-state index in [1.54, 1.807) is 5.57 Å². The van der Waals surface area contributed by atoms with Gasteiger partial charge in [-0.1, -0.05) is 25.0 Å². The third-order valence-corrected chi connectivity index (χ3v) is 3.72. The van der Waals surface area contributed by atoms with Crippen LogP contribution in [0.1, 0.15) is 58.3 Å². The molecule has 2 aliphatic carbocycles. The van der Waals surface area contributed by atoms with E-state index in [1.165, 1.54) is 43.3 Å². The van der Waals surface area contributed by atoms with Crippen LogP contribution in [-0.2, 0) is 0 Å². The van der Waals surface area contributed by atoms with Crippen molar-refractivity contribution in [1.29, 1.82) is 0 Å². The Hall–Kier alpha value is -0.560. The molecular formula is C14H22O. The second-order valence-electron chi connectivity index (χ2n) is 4.81. The normalized spacial score (nSPS) is 29.5. The molecule has 0 aromatic rings. The van der Waals surface area contributed by atoms with Crippen LogP contribution in [0.3, 0.4) is 0 Å². The summed E-state index contributed by atoms with van der Waals surface area (Å²) < 4.78 is 0. The third-order valence-electron chi connectivity index (χ3n) is 3.72. The van der Waals surface area contributed by atoms with Gasteiger partial charge in [-0.15, -0.1) is 0 Å². The second kappa shape index (κ2) is 4.98. The van der Waals surface area contributed by atoms with Crippen molar-refractivity contribution in [3.63, 3.8) is 0 Å². The molecule has 1 unspecified atom stereocenters. The van der Waals surface area contributed by atoms with E-state index in [-0.39, 0.29) is 6.10 Å². The molecule has 84 valence electrons. The van der Waals surface area contributed by atoms with Crippen LogP contribution < -0.4 is 0 Å². The van der Waals surface area contributed by atoms with Crippen LogP contribution in [0.2, 0.25) is 0 Å². The topological polar surface area (TPSA) is 20.2 Å². The van der Waals surface area contributed by atoms with Gasteiger partial charge in [-0.2, -0.15) is 0 Å².